The highest BCUT2D eigenvalue weighted by Crippen LogP contribution is 2.31. The number of benzene rings is 2. The monoisotopic (exact) mass is 332 g/mol. The fourth-order valence-corrected chi connectivity index (χ4v) is 2.50. The van der Waals surface area contributed by atoms with Gasteiger partial charge in [-0.15, -0.1) is 0 Å². The lowest BCUT2D eigenvalue weighted by atomic mass is 10.1. The van der Waals surface area contributed by atoms with Gasteiger partial charge in [0.1, 0.15) is 5.69 Å². The molecule has 0 saturated carbocycles. The maximum atomic E-state index is 11.8. The lowest BCUT2D eigenvalue weighted by Gasteiger charge is -2.06. The molecule has 0 unspecified atom stereocenters. The minimum absolute atomic E-state index is 0.478. The number of aryl methyl sites for hydroxylation is 1. The van der Waals surface area contributed by atoms with Crippen LogP contribution >= 0.6 is 0 Å². The third kappa shape index (κ3) is 3.50. The van der Waals surface area contributed by atoms with Crippen LogP contribution in [0.5, 0.6) is 0 Å². The predicted molar refractivity (Wildman–Crippen MR) is 101 cm³/mol. The largest absolute Gasteiger partial charge is 0.369 e. The molecule has 5 nitrogen and oxygen atoms in total. The van der Waals surface area contributed by atoms with Gasteiger partial charge in [0.25, 0.3) is 0 Å². The number of rotatable bonds is 5. The fraction of sp³-hybridized carbons (Fsp3) is 0.150. The van der Waals surface area contributed by atoms with Crippen LogP contribution in [0.1, 0.15) is 15.9 Å². The molecule has 0 fully saturated rings. The van der Waals surface area contributed by atoms with Crippen LogP contribution in [0.3, 0.4) is 0 Å². The van der Waals surface area contributed by atoms with E-state index in [9.17, 15) is 4.79 Å². The average molecular weight is 332 g/mol. The minimum Gasteiger partial charge on any atom is -0.369 e. The first-order chi connectivity index (χ1) is 12.1. The quantitative estimate of drug-likeness (QED) is 0.405. The molecular weight excluding hydrogens is 312 g/mol. The van der Waals surface area contributed by atoms with Crippen LogP contribution in [-0.4, -0.2) is 41.4 Å². The zero-order valence-electron chi connectivity index (χ0n) is 14.5. The molecule has 0 aliphatic carbocycles. The maximum Gasteiger partial charge on any atom is 0.168 e. The molecule has 0 aliphatic rings. The van der Waals surface area contributed by atoms with Crippen molar-refractivity contribution in [3.63, 3.8) is 0 Å². The highest BCUT2D eigenvalue weighted by Gasteiger charge is 2.19. The smallest absolute Gasteiger partial charge is 0.168 e. The van der Waals surface area contributed by atoms with Gasteiger partial charge in [0.05, 0.1) is 17.6 Å². The summed E-state index contributed by atoms with van der Waals surface area (Å²) in [6.07, 6.45) is 2.49. The Bertz CT molecular complexity index is 893. The van der Waals surface area contributed by atoms with Gasteiger partial charge in [0.15, 0.2) is 12.1 Å². The van der Waals surface area contributed by atoms with Crippen LogP contribution in [0, 0.1) is 6.92 Å². The second kappa shape index (κ2) is 7.13. The van der Waals surface area contributed by atoms with E-state index in [0.29, 0.717) is 17.1 Å². The van der Waals surface area contributed by atoms with Crippen molar-refractivity contribution in [3.05, 3.63) is 65.7 Å². The molecule has 0 atom stereocenters. The van der Waals surface area contributed by atoms with Crippen molar-refractivity contribution in [1.82, 2.24) is 14.7 Å². The van der Waals surface area contributed by atoms with E-state index in [4.69, 9.17) is 0 Å². The zero-order chi connectivity index (χ0) is 17.8. The highest BCUT2D eigenvalue weighted by molar-refractivity contribution is 5.92. The van der Waals surface area contributed by atoms with Crippen molar-refractivity contribution in [1.29, 1.82) is 0 Å². The molecule has 0 spiro atoms. The summed E-state index contributed by atoms with van der Waals surface area (Å²) in [4.78, 5) is 18.1. The first-order valence-electron chi connectivity index (χ1n) is 8.01. The third-order valence-corrected chi connectivity index (χ3v) is 3.75. The molecule has 1 aromatic heterocycles. The summed E-state index contributed by atoms with van der Waals surface area (Å²) in [6.45, 7) is 2.03. The van der Waals surface area contributed by atoms with E-state index < -0.39 is 0 Å². The number of carbonyl (C=O) groups is 1. The van der Waals surface area contributed by atoms with Gasteiger partial charge in [-0.25, -0.2) is 9.67 Å². The standard InChI is InChI=1S/C20H20N4O/c1-15-9-11-16(12-10-15)19-18(13-25)20(21-14-23(2)3)24(22-19)17-7-5-4-6-8-17/h4-14H,1-3H3/b21-14-. The van der Waals surface area contributed by atoms with E-state index in [2.05, 4.69) is 10.1 Å². The zero-order valence-corrected chi connectivity index (χ0v) is 14.5. The van der Waals surface area contributed by atoms with Gasteiger partial charge in [0, 0.05) is 19.7 Å². The van der Waals surface area contributed by atoms with Crippen LogP contribution in [0.15, 0.2) is 59.6 Å². The first kappa shape index (κ1) is 16.6. The summed E-state index contributed by atoms with van der Waals surface area (Å²) >= 11 is 0. The second-order valence-electron chi connectivity index (χ2n) is 6.03. The van der Waals surface area contributed by atoms with Crippen LogP contribution in [0.4, 0.5) is 5.82 Å². The average Bonchev–Trinajstić information content (AvgIpc) is 2.99. The van der Waals surface area contributed by atoms with E-state index >= 15 is 0 Å². The molecule has 3 aromatic rings. The van der Waals surface area contributed by atoms with Crippen molar-refractivity contribution >= 4 is 18.4 Å². The van der Waals surface area contributed by atoms with Gasteiger partial charge in [0.2, 0.25) is 0 Å². The highest BCUT2D eigenvalue weighted by atomic mass is 16.1. The number of hydrogen-bond acceptors (Lipinski definition) is 3. The minimum atomic E-state index is 0.478. The number of aldehydes is 1. The Morgan fingerprint density at radius 1 is 1.04 bits per heavy atom. The van der Waals surface area contributed by atoms with Crippen molar-refractivity contribution < 1.29 is 4.79 Å². The van der Waals surface area contributed by atoms with Crippen molar-refractivity contribution in [2.45, 2.75) is 6.92 Å². The molecule has 3 rings (SSSR count). The van der Waals surface area contributed by atoms with E-state index in [0.717, 1.165) is 23.1 Å². The molecule has 25 heavy (non-hydrogen) atoms. The predicted octanol–water partition coefficient (Wildman–Crippen LogP) is 3.88. The van der Waals surface area contributed by atoms with Gasteiger partial charge in [-0.3, -0.25) is 4.79 Å². The third-order valence-electron chi connectivity index (χ3n) is 3.75. The molecular formula is C20H20N4O. The molecule has 0 aliphatic heterocycles. The Kier molecular flexibility index (Phi) is 4.75. The summed E-state index contributed by atoms with van der Waals surface area (Å²) in [5, 5.41) is 4.68. The van der Waals surface area contributed by atoms with Crippen molar-refractivity contribution in [2.75, 3.05) is 14.1 Å². The van der Waals surface area contributed by atoms with E-state index in [-0.39, 0.29) is 0 Å². The first-order valence-corrected chi connectivity index (χ1v) is 8.01. The fourth-order valence-electron chi connectivity index (χ4n) is 2.50. The molecule has 0 radical (unpaired) electrons. The lowest BCUT2D eigenvalue weighted by Crippen LogP contribution is -2.07. The van der Waals surface area contributed by atoms with Crippen molar-refractivity contribution in [3.8, 4) is 16.9 Å². The molecule has 2 aromatic carbocycles. The van der Waals surface area contributed by atoms with Crippen LogP contribution in [0.25, 0.3) is 16.9 Å². The van der Waals surface area contributed by atoms with Gasteiger partial charge < -0.3 is 4.90 Å². The Morgan fingerprint density at radius 3 is 2.32 bits per heavy atom. The number of aliphatic imine (C=N–C) groups is 1. The summed E-state index contributed by atoms with van der Waals surface area (Å²) in [7, 11) is 3.77. The van der Waals surface area contributed by atoms with E-state index in [1.807, 2.05) is 80.5 Å². The Hall–Kier alpha value is -3.21. The van der Waals surface area contributed by atoms with Gasteiger partial charge in [-0.2, -0.15) is 5.10 Å². The van der Waals surface area contributed by atoms with Crippen LogP contribution < -0.4 is 0 Å². The summed E-state index contributed by atoms with van der Waals surface area (Å²) in [5.41, 5.74) is 4.01. The lowest BCUT2D eigenvalue weighted by molar-refractivity contribution is 0.112. The Morgan fingerprint density at radius 2 is 1.72 bits per heavy atom. The van der Waals surface area contributed by atoms with Crippen molar-refractivity contribution in [2.24, 2.45) is 4.99 Å². The number of carbonyl (C=O) groups excluding carboxylic acids is 1. The molecule has 126 valence electrons. The maximum absolute atomic E-state index is 11.8. The molecule has 5 heteroatoms. The number of nitrogens with zero attached hydrogens (tertiary/aromatic N) is 4. The summed E-state index contributed by atoms with van der Waals surface area (Å²) in [6, 6.07) is 17.6. The number of para-hydroxylation sites is 1. The van der Waals surface area contributed by atoms with Gasteiger partial charge in [-0.1, -0.05) is 48.0 Å². The Balaban J connectivity index is 2.23. The van der Waals surface area contributed by atoms with Crippen LogP contribution in [0.2, 0.25) is 0 Å². The molecule has 0 amide bonds. The molecule has 0 saturated heterocycles. The topological polar surface area (TPSA) is 50.5 Å². The van der Waals surface area contributed by atoms with E-state index in [1.54, 1.807) is 11.0 Å². The second-order valence-corrected chi connectivity index (χ2v) is 6.03. The Labute approximate surface area is 147 Å². The molecule has 0 N–H and O–H groups in total. The number of hydrogen-bond donors (Lipinski definition) is 0. The SMILES string of the molecule is Cc1ccc(-c2nn(-c3ccccc3)c(/N=C\N(C)C)c2C=O)cc1. The molecule has 0 bridgehead atoms. The summed E-state index contributed by atoms with van der Waals surface area (Å²) < 4.78 is 1.71. The van der Waals surface area contributed by atoms with Crippen LogP contribution in [-0.2, 0) is 0 Å². The normalized spacial score (nSPS) is 11.0. The van der Waals surface area contributed by atoms with Gasteiger partial charge >= 0.3 is 0 Å². The summed E-state index contributed by atoms with van der Waals surface area (Å²) in [5.74, 6) is 0.519. The van der Waals surface area contributed by atoms with E-state index in [1.165, 1.54) is 0 Å². The number of aromatic nitrogens is 2. The van der Waals surface area contributed by atoms with Gasteiger partial charge in [-0.05, 0) is 19.1 Å². The molecule has 1 heterocycles.